The average Bonchev–Trinajstić information content (AvgIpc) is 3.43. The van der Waals surface area contributed by atoms with Crippen molar-refractivity contribution in [3.63, 3.8) is 0 Å². The van der Waals surface area contributed by atoms with E-state index in [0.717, 1.165) is 90.7 Å². The van der Waals surface area contributed by atoms with Crippen LogP contribution in [0.15, 0.2) is 48.5 Å². The van der Waals surface area contributed by atoms with Crippen molar-refractivity contribution in [1.82, 2.24) is 34.0 Å². The molecular formula is C26H32N8. The first-order valence-electron chi connectivity index (χ1n) is 12.2. The van der Waals surface area contributed by atoms with Gasteiger partial charge in [0.05, 0.1) is 16.6 Å². The van der Waals surface area contributed by atoms with Crippen LogP contribution in [0, 0.1) is 6.92 Å². The number of fused-ring (bicyclic) bond motifs is 4. The van der Waals surface area contributed by atoms with Gasteiger partial charge in [0.25, 0.3) is 0 Å². The lowest BCUT2D eigenvalue weighted by Gasteiger charge is -2.17. The summed E-state index contributed by atoms with van der Waals surface area (Å²) >= 11 is 0. The molecule has 0 amide bonds. The van der Waals surface area contributed by atoms with Gasteiger partial charge in [-0.2, -0.15) is 4.52 Å². The summed E-state index contributed by atoms with van der Waals surface area (Å²) in [7, 11) is 0. The molecule has 0 radical (unpaired) electrons. The monoisotopic (exact) mass is 456 g/mol. The van der Waals surface area contributed by atoms with E-state index in [1.165, 1.54) is 0 Å². The molecule has 0 spiro atoms. The average molecular weight is 457 g/mol. The van der Waals surface area contributed by atoms with E-state index in [0.29, 0.717) is 0 Å². The molecule has 5 aromatic rings. The Morgan fingerprint density at radius 3 is 2.50 bits per heavy atom. The summed E-state index contributed by atoms with van der Waals surface area (Å²) in [6.45, 7) is 11.3. The van der Waals surface area contributed by atoms with Gasteiger partial charge < -0.3 is 14.8 Å². The first kappa shape index (κ1) is 22.3. The molecule has 0 saturated heterocycles. The fourth-order valence-corrected chi connectivity index (χ4v) is 4.55. The third-order valence-electron chi connectivity index (χ3n) is 6.46. The number of nitrogens with zero attached hydrogens (tertiary/aromatic N) is 7. The van der Waals surface area contributed by atoms with Crippen LogP contribution in [0.3, 0.4) is 0 Å². The Kier molecular flexibility index (Phi) is 6.40. The van der Waals surface area contributed by atoms with Gasteiger partial charge in [-0.1, -0.05) is 38.1 Å². The van der Waals surface area contributed by atoms with Gasteiger partial charge in [0.2, 0.25) is 5.95 Å². The molecule has 5 rings (SSSR count). The van der Waals surface area contributed by atoms with Gasteiger partial charge in [-0.3, -0.25) is 0 Å². The fourth-order valence-electron chi connectivity index (χ4n) is 4.55. The van der Waals surface area contributed by atoms with Crippen molar-refractivity contribution in [3.8, 4) is 0 Å². The van der Waals surface area contributed by atoms with Crippen molar-refractivity contribution in [2.45, 2.75) is 40.2 Å². The van der Waals surface area contributed by atoms with Crippen molar-refractivity contribution >= 4 is 33.5 Å². The summed E-state index contributed by atoms with van der Waals surface area (Å²) in [5.74, 6) is 2.56. The zero-order valence-corrected chi connectivity index (χ0v) is 20.2. The third kappa shape index (κ3) is 4.33. The van der Waals surface area contributed by atoms with Crippen molar-refractivity contribution < 1.29 is 0 Å². The quantitative estimate of drug-likeness (QED) is 0.315. The Morgan fingerprint density at radius 2 is 1.68 bits per heavy atom. The molecule has 0 atom stereocenters. The van der Waals surface area contributed by atoms with Gasteiger partial charge in [0, 0.05) is 24.9 Å². The lowest BCUT2D eigenvalue weighted by atomic mass is 10.2. The number of hydrogen-bond donors (Lipinski definition) is 1. The molecule has 176 valence electrons. The van der Waals surface area contributed by atoms with Crippen molar-refractivity contribution in [1.29, 1.82) is 0 Å². The minimum absolute atomic E-state index is 0.721. The lowest BCUT2D eigenvalue weighted by molar-refractivity contribution is 0.303. The second-order valence-electron chi connectivity index (χ2n) is 8.57. The second-order valence-corrected chi connectivity index (χ2v) is 8.57. The Morgan fingerprint density at radius 1 is 0.912 bits per heavy atom. The highest BCUT2D eigenvalue weighted by Gasteiger charge is 2.14. The van der Waals surface area contributed by atoms with Gasteiger partial charge in [-0.15, -0.1) is 5.10 Å². The van der Waals surface area contributed by atoms with Crippen LogP contribution in [-0.2, 0) is 13.0 Å². The minimum atomic E-state index is 0.721. The first-order chi connectivity index (χ1) is 16.7. The number of aromatic nitrogens is 6. The van der Waals surface area contributed by atoms with Crippen molar-refractivity contribution in [2.24, 2.45) is 0 Å². The van der Waals surface area contributed by atoms with Crippen LogP contribution in [-0.4, -0.2) is 60.2 Å². The van der Waals surface area contributed by atoms with Crippen LogP contribution in [0.1, 0.15) is 31.9 Å². The maximum absolute atomic E-state index is 4.92. The number of hydrogen-bond acceptors (Lipinski definition) is 6. The molecule has 1 N–H and O–H groups in total. The van der Waals surface area contributed by atoms with Gasteiger partial charge in [0.1, 0.15) is 5.82 Å². The topological polar surface area (TPSA) is 76.2 Å². The van der Waals surface area contributed by atoms with Crippen LogP contribution in [0.4, 0.5) is 5.95 Å². The molecule has 8 heteroatoms. The number of para-hydroxylation sites is 3. The van der Waals surface area contributed by atoms with Gasteiger partial charge >= 0.3 is 0 Å². The number of nitrogens with one attached hydrogen (secondary N) is 1. The van der Waals surface area contributed by atoms with Crippen molar-refractivity contribution in [3.05, 3.63) is 60.2 Å². The van der Waals surface area contributed by atoms with E-state index < -0.39 is 0 Å². The smallest absolute Gasteiger partial charge is 0.226 e. The minimum Gasteiger partial charge on any atom is -0.354 e. The zero-order valence-electron chi connectivity index (χ0n) is 20.2. The molecule has 0 saturated carbocycles. The predicted octanol–water partition coefficient (Wildman–Crippen LogP) is 4.32. The van der Waals surface area contributed by atoms with Crippen LogP contribution >= 0.6 is 0 Å². The van der Waals surface area contributed by atoms with Crippen molar-refractivity contribution in [2.75, 3.05) is 31.5 Å². The molecule has 3 heterocycles. The maximum Gasteiger partial charge on any atom is 0.226 e. The summed E-state index contributed by atoms with van der Waals surface area (Å²) in [6, 6.07) is 16.4. The molecule has 8 nitrogen and oxygen atoms in total. The summed E-state index contributed by atoms with van der Waals surface area (Å²) in [5, 5.41) is 9.37. The Bertz CT molecular complexity index is 1410. The highest BCUT2D eigenvalue weighted by atomic mass is 15.4. The number of benzene rings is 2. The molecule has 0 unspecified atom stereocenters. The molecule has 3 aromatic heterocycles. The number of imidazole rings is 1. The van der Waals surface area contributed by atoms with Crippen LogP contribution in [0.5, 0.6) is 0 Å². The normalized spacial score (nSPS) is 11.9. The molecule has 0 aliphatic rings. The summed E-state index contributed by atoms with van der Waals surface area (Å²) < 4.78 is 4.11. The predicted molar refractivity (Wildman–Crippen MR) is 137 cm³/mol. The molecule has 0 aliphatic heterocycles. The zero-order chi connectivity index (χ0) is 23.5. The first-order valence-corrected chi connectivity index (χ1v) is 12.2. The lowest BCUT2D eigenvalue weighted by Crippen LogP contribution is -2.25. The molecule has 0 fully saturated rings. The molecule has 0 aliphatic carbocycles. The third-order valence-corrected chi connectivity index (χ3v) is 6.46. The highest BCUT2D eigenvalue weighted by molar-refractivity contribution is 5.92. The fraction of sp³-hybridized carbons (Fsp3) is 0.385. The molecule has 34 heavy (non-hydrogen) atoms. The SMILES string of the molecule is CCN(CC)CCCNc1nc2ccccc2c2nc(CCn3c(C)nc4ccccc43)nn12. The van der Waals surface area contributed by atoms with E-state index in [1.807, 2.05) is 28.8 Å². The summed E-state index contributed by atoms with van der Waals surface area (Å²) in [6.07, 6.45) is 1.77. The molecule has 0 bridgehead atoms. The van der Waals surface area contributed by atoms with E-state index in [9.17, 15) is 0 Å². The van der Waals surface area contributed by atoms with Crippen LogP contribution < -0.4 is 5.32 Å². The summed E-state index contributed by atoms with van der Waals surface area (Å²) in [4.78, 5) is 16.9. The van der Waals surface area contributed by atoms with Gasteiger partial charge in [0.15, 0.2) is 11.5 Å². The number of rotatable bonds is 10. The van der Waals surface area contributed by atoms with E-state index in [2.05, 4.69) is 64.8 Å². The standard InChI is InChI=1S/C26H32N8/c1-4-32(5-2)17-10-16-27-26-29-21-12-7-6-11-20(21)25-30-24(31-34(25)26)15-18-33-19(3)28-22-13-8-9-14-23(22)33/h6-9,11-14H,4-5,10,15-18H2,1-3H3,(H,27,29). The Balaban J connectivity index is 1.41. The maximum atomic E-state index is 4.92. The Labute approximate surface area is 199 Å². The highest BCUT2D eigenvalue weighted by Crippen LogP contribution is 2.21. The van der Waals surface area contributed by atoms with E-state index >= 15 is 0 Å². The molecular weight excluding hydrogens is 424 g/mol. The van der Waals surface area contributed by atoms with Crippen LogP contribution in [0.2, 0.25) is 0 Å². The van der Waals surface area contributed by atoms with E-state index in [4.69, 9.17) is 15.1 Å². The second kappa shape index (κ2) is 9.77. The number of aryl methyl sites for hydroxylation is 3. The summed E-state index contributed by atoms with van der Waals surface area (Å²) in [5.41, 5.74) is 3.94. The largest absolute Gasteiger partial charge is 0.354 e. The van der Waals surface area contributed by atoms with E-state index in [-0.39, 0.29) is 0 Å². The Hall–Kier alpha value is -3.52. The van der Waals surface area contributed by atoms with Crippen LogP contribution in [0.25, 0.3) is 27.6 Å². The van der Waals surface area contributed by atoms with Gasteiger partial charge in [-0.05, 0) is 57.2 Å². The van der Waals surface area contributed by atoms with E-state index in [1.54, 1.807) is 0 Å². The number of anilines is 1. The van der Waals surface area contributed by atoms with Gasteiger partial charge in [-0.25, -0.2) is 15.0 Å². The molecule has 2 aromatic carbocycles.